The lowest BCUT2D eigenvalue weighted by Gasteiger charge is -2.21. The van der Waals surface area contributed by atoms with E-state index in [1.54, 1.807) is 6.20 Å². The number of anilines is 1. The molecule has 1 aromatic heterocycles. The van der Waals surface area contributed by atoms with Crippen LogP contribution >= 0.6 is 0 Å². The molecule has 0 radical (unpaired) electrons. The van der Waals surface area contributed by atoms with Crippen molar-refractivity contribution < 1.29 is 0 Å². The van der Waals surface area contributed by atoms with E-state index in [9.17, 15) is 0 Å². The Kier molecular flexibility index (Phi) is 3.33. The fourth-order valence-corrected chi connectivity index (χ4v) is 2.04. The van der Waals surface area contributed by atoms with Gasteiger partial charge in [-0.05, 0) is 30.9 Å². The van der Waals surface area contributed by atoms with Crippen LogP contribution in [0, 0.1) is 5.92 Å². The second-order valence-corrected chi connectivity index (χ2v) is 3.99. The van der Waals surface area contributed by atoms with E-state index >= 15 is 0 Å². The fourth-order valence-electron chi connectivity index (χ4n) is 2.04. The molecule has 2 rings (SSSR count). The van der Waals surface area contributed by atoms with Crippen LogP contribution in [0.4, 0.5) is 5.82 Å². The summed E-state index contributed by atoms with van der Waals surface area (Å²) in [6, 6.07) is 3.88. The third kappa shape index (κ3) is 2.69. The molecule has 0 spiro atoms. The number of aromatic nitrogens is 2. The first-order valence-corrected chi connectivity index (χ1v) is 5.47. The van der Waals surface area contributed by atoms with Crippen molar-refractivity contribution in [3.63, 3.8) is 0 Å². The number of hydrogen-bond acceptors (Lipinski definition) is 3. The van der Waals surface area contributed by atoms with Crippen molar-refractivity contribution in [1.29, 1.82) is 0 Å². The first kappa shape index (κ1) is 9.44. The van der Waals surface area contributed by atoms with Crippen molar-refractivity contribution in [3.05, 3.63) is 18.3 Å². The Labute approximate surface area is 84.9 Å². The summed E-state index contributed by atoms with van der Waals surface area (Å²) in [6.45, 7) is 1.05. The minimum atomic E-state index is 0.839. The van der Waals surface area contributed by atoms with Gasteiger partial charge in [-0.15, -0.1) is 5.10 Å². The van der Waals surface area contributed by atoms with E-state index in [1.807, 2.05) is 12.1 Å². The molecule has 0 saturated heterocycles. The standard InChI is InChI=1S/C11H17N3/c1-2-5-10(6-3-1)9-12-11-7-4-8-13-14-11/h4,7-8,10H,1-3,5-6,9H2,(H,12,14). The highest BCUT2D eigenvalue weighted by atomic mass is 15.2. The van der Waals surface area contributed by atoms with Crippen LogP contribution < -0.4 is 5.32 Å². The minimum Gasteiger partial charge on any atom is -0.368 e. The summed E-state index contributed by atoms with van der Waals surface area (Å²) >= 11 is 0. The number of hydrogen-bond donors (Lipinski definition) is 1. The van der Waals surface area contributed by atoms with Crippen LogP contribution in [-0.4, -0.2) is 16.7 Å². The van der Waals surface area contributed by atoms with Crippen LogP contribution in [0.2, 0.25) is 0 Å². The molecule has 1 N–H and O–H groups in total. The molecule has 14 heavy (non-hydrogen) atoms. The largest absolute Gasteiger partial charge is 0.368 e. The summed E-state index contributed by atoms with van der Waals surface area (Å²) in [5.41, 5.74) is 0. The number of nitrogens with zero attached hydrogens (tertiary/aromatic N) is 2. The second-order valence-electron chi connectivity index (χ2n) is 3.99. The first-order valence-electron chi connectivity index (χ1n) is 5.47. The van der Waals surface area contributed by atoms with Crippen LogP contribution in [0.5, 0.6) is 0 Å². The predicted octanol–water partition coefficient (Wildman–Crippen LogP) is 2.47. The zero-order chi connectivity index (χ0) is 9.64. The maximum absolute atomic E-state index is 4.00. The molecule has 1 heterocycles. The van der Waals surface area contributed by atoms with E-state index in [1.165, 1.54) is 32.1 Å². The fraction of sp³-hybridized carbons (Fsp3) is 0.636. The molecule has 1 aliphatic rings. The van der Waals surface area contributed by atoms with E-state index in [2.05, 4.69) is 15.5 Å². The molecule has 0 unspecified atom stereocenters. The molecular weight excluding hydrogens is 174 g/mol. The van der Waals surface area contributed by atoms with Crippen molar-refractivity contribution in [1.82, 2.24) is 10.2 Å². The van der Waals surface area contributed by atoms with Crippen LogP contribution in [-0.2, 0) is 0 Å². The van der Waals surface area contributed by atoms with Gasteiger partial charge in [-0.2, -0.15) is 5.10 Å². The average molecular weight is 191 g/mol. The first-order chi connectivity index (χ1) is 6.95. The van der Waals surface area contributed by atoms with Crippen LogP contribution in [0.15, 0.2) is 18.3 Å². The van der Waals surface area contributed by atoms with E-state index < -0.39 is 0 Å². The molecule has 1 saturated carbocycles. The maximum atomic E-state index is 4.00. The third-order valence-corrected chi connectivity index (χ3v) is 2.87. The monoisotopic (exact) mass is 191 g/mol. The summed E-state index contributed by atoms with van der Waals surface area (Å²) in [6.07, 6.45) is 8.65. The van der Waals surface area contributed by atoms with Gasteiger partial charge in [0.15, 0.2) is 0 Å². The van der Waals surface area contributed by atoms with Gasteiger partial charge in [-0.25, -0.2) is 0 Å². The lowest BCUT2D eigenvalue weighted by molar-refractivity contribution is 0.373. The Morgan fingerprint density at radius 1 is 1.29 bits per heavy atom. The number of nitrogens with one attached hydrogen (secondary N) is 1. The molecule has 1 fully saturated rings. The molecule has 3 nitrogen and oxygen atoms in total. The van der Waals surface area contributed by atoms with Gasteiger partial charge < -0.3 is 5.32 Å². The Balaban J connectivity index is 1.76. The van der Waals surface area contributed by atoms with Gasteiger partial charge in [0.2, 0.25) is 0 Å². The summed E-state index contributed by atoms with van der Waals surface area (Å²) in [5, 5.41) is 11.2. The van der Waals surface area contributed by atoms with Crippen LogP contribution in [0.3, 0.4) is 0 Å². The topological polar surface area (TPSA) is 37.8 Å². The van der Waals surface area contributed by atoms with Gasteiger partial charge in [0.1, 0.15) is 5.82 Å². The molecule has 0 aliphatic heterocycles. The van der Waals surface area contributed by atoms with Gasteiger partial charge in [-0.3, -0.25) is 0 Å². The Morgan fingerprint density at radius 2 is 2.14 bits per heavy atom. The van der Waals surface area contributed by atoms with Crippen molar-refractivity contribution in [3.8, 4) is 0 Å². The molecule has 76 valence electrons. The smallest absolute Gasteiger partial charge is 0.148 e. The summed E-state index contributed by atoms with van der Waals surface area (Å²) in [4.78, 5) is 0. The normalized spacial score (nSPS) is 18.0. The Morgan fingerprint density at radius 3 is 2.86 bits per heavy atom. The zero-order valence-corrected chi connectivity index (χ0v) is 8.45. The van der Waals surface area contributed by atoms with Crippen LogP contribution in [0.25, 0.3) is 0 Å². The van der Waals surface area contributed by atoms with Gasteiger partial charge >= 0.3 is 0 Å². The van der Waals surface area contributed by atoms with E-state index in [4.69, 9.17) is 0 Å². The molecule has 3 heteroatoms. The summed E-state index contributed by atoms with van der Waals surface area (Å²) in [7, 11) is 0. The van der Waals surface area contributed by atoms with Crippen LogP contribution in [0.1, 0.15) is 32.1 Å². The van der Waals surface area contributed by atoms with E-state index in [0.717, 1.165) is 18.3 Å². The minimum absolute atomic E-state index is 0.839. The van der Waals surface area contributed by atoms with E-state index in [-0.39, 0.29) is 0 Å². The van der Waals surface area contributed by atoms with Crippen molar-refractivity contribution in [2.45, 2.75) is 32.1 Å². The highest BCUT2D eigenvalue weighted by molar-refractivity contribution is 5.31. The van der Waals surface area contributed by atoms with Crippen molar-refractivity contribution in [2.24, 2.45) is 5.92 Å². The highest BCUT2D eigenvalue weighted by Crippen LogP contribution is 2.23. The zero-order valence-electron chi connectivity index (χ0n) is 8.45. The highest BCUT2D eigenvalue weighted by Gasteiger charge is 2.12. The quantitative estimate of drug-likeness (QED) is 0.797. The predicted molar refractivity (Wildman–Crippen MR) is 57.1 cm³/mol. The lowest BCUT2D eigenvalue weighted by atomic mass is 9.89. The number of rotatable bonds is 3. The van der Waals surface area contributed by atoms with E-state index in [0.29, 0.717) is 0 Å². The molecule has 0 atom stereocenters. The maximum Gasteiger partial charge on any atom is 0.148 e. The summed E-state index contributed by atoms with van der Waals surface area (Å²) in [5.74, 6) is 1.74. The lowest BCUT2D eigenvalue weighted by Crippen LogP contribution is -2.17. The van der Waals surface area contributed by atoms with Gasteiger partial charge in [0.05, 0.1) is 0 Å². The van der Waals surface area contributed by atoms with Gasteiger partial charge in [0, 0.05) is 12.7 Å². The van der Waals surface area contributed by atoms with Crippen molar-refractivity contribution in [2.75, 3.05) is 11.9 Å². The molecular formula is C11H17N3. The Bertz CT molecular complexity index is 254. The molecule has 1 aromatic rings. The van der Waals surface area contributed by atoms with Crippen molar-refractivity contribution >= 4 is 5.82 Å². The second kappa shape index (κ2) is 4.94. The van der Waals surface area contributed by atoms with Gasteiger partial charge in [-0.1, -0.05) is 19.3 Å². The molecule has 1 aliphatic carbocycles. The average Bonchev–Trinajstić information content (AvgIpc) is 2.29. The third-order valence-electron chi connectivity index (χ3n) is 2.87. The molecule has 0 bridgehead atoms. The molecule has 0 aromatic carbocycles. The SMILES string of the molecule is c1cnnc(NCC2CCCCC2)c1. The van der Waals surface area contributed by atoms with Gasteiger partial charge in [0.25, 0.3) is 0 Å². The summed E-state index contributed by atoms with van der Waals surface area (Å²) < 4.78 is 0. The Hall–Kier alpha value is -1.12. The molecule has 0 amide bonds.